The topological polar surface area (TPSA) is 110 Å². The van der Waals surface area contributed by atoms with Gasteiger partial charge in [0.25, 0.3) is 15.9 Å². The number of thioether (sulfide) groups is 1. The van der Waals surface area contributed by atoms with Crippen LogP contribution in [0.15, 0.2) is 52.3 Å². The van der Waals surface area contributed by atoms with Gasteiger partial charge in [-0.2, -0.15) is 0 Å². The molecule has 2 aliphatic heterocycles. The van der Waals surface area contributed by atoms with E-state index in [1.807, 2.05) is 0 Å². The molecule has 4 rings (SSSR count). The molecule has 10 heteroatoms. The normalized spacial score (nSPS) is 16.9. The van der Waals surface area contributed by atoms with E-state index in [4.69, 9.17) is 4.74 Å². The molecule has 0 fully saturated rings. The molecule has 0 aliphatic carbocycles. The predicted octanol–water partition coefficient (Wildman–Crippen LogP) is 1.73. The van der Waals surface area contributed by atoms with Crippen molar-refractivity contribution >= 4 is 45.3 Å². The van der Waals surface area contributed by atoms with Gasteiger partial charge in [-0.1, -0.05) is 12.1 Å². The Morgan fingerprint density at radius 3 is 2.75 bits per heavy atom. The summed E-state index contributed by atoms with van der Waals surface area (Å²) in [6, 6.07) is 10.7. The predicted molar refractivity (Wildman–Crippen MR) is 101 cm³/mol. The number of esters is 1. The molecule has 0 spiro atoms. The highest BCUT2D eigenvalue weighted by Crippen LogP contribution is 2.32. The van der Waals surface area contributed by atoms with Crippen molar-refractivity contribution in [1.82, 2.24) is 4.31 Å². The van der Waals surface area contributed by atoms with Crippen LogP contribution in [0.2, 0.25) is 0 Å². The fourth-order valence-corrected chi connectivity index (χ4v) is 5.31. The van der Waals surface area contributed by atoms with Gasteiger partial charge in [0.15, 0.2) is 0 Å². The summed E-state index contributed by atoms with van der Waals surface area (Å²) in [6.07, 6.45) is 0. The molecule has 0 radical (unpaired) electrons. The minimum Gasteiger partial charge on any atom is -0.460 e. The van der Waals surface area contributed by atoms with Gasteiger partial charge in [-0.15, -0.1) is 11.8 Å². The lowest BCUT2D eigenvalue weighted by molar-refractivity contribution is -0.113. The highest BCUT2D eigenvalue weighted by atomic mass is 32.2. The summed E-state index contributed by atoms with van der Waals surface area (Å²) in [4.78, 5) is 36.8. The van der Waals surface area contributed by atoms with Gasteiger partial charge in [0.2, 0.25) is 5.91 Å². The average Bonchev–Trinajstić information content (AvgIpc) is 2.88. The van der Waals surface area contributed by atoms with Crippen LogP contribution in [0, 0.1) is 0 Å². The maximum atomic E-state index is 12.5. The molecule has 1 N–H and O–H groups in total. The first kappa shape index (κ1) is 18.5. The van der Waals surface area contributed by atoms with Gasteiger partial charge in [0.05, 0.1) is 29.1 Å². The van der Waals surface area contributed by atoms with Crippen molar-refractivity contribution in [3.63, 3.8) is 0 Å². The number of hydrogen-bond acceptors (Lipinski definition) is 7. The second-order valence-electron chi connectivity index (χ2n) is 6.06. The largest absolute Gasteiger partial charge is 0.460 e. The molecule has 2 heterocycles. The van der Waals surface area contributed by atoms with Crippen LogP contribution in [0.4, 0.5) is 5.69 Å². The lowest BCUT2D eigenvalue weighted by Crippen LogP contribution is -2.33. The second kappa shape index (κ2) is 6.95. The Bertz CT molecular complexity index is 1110. The molecule has 0 aromatic heterocycles. The van der Waals surface area contributed by atoms with Crippen molar-refractivity contribution in [3.05, 3.63) is 53.6 Å². The van der Waals surface area contributed by atoms with Crippen LogP contribution < -0.4 is 5.32 Å². The van der Waals surface area contributed by atoms with Gasteiger partial charge >= 0.3 is 5.97 Å². The first-order chi connectivity index (χ1) is 13.4. The van der Waals surface area contributed by atoms with Crippen LogP contribution in [0.5, 0.6) is 0 Å². The second-order valence-corrected chi connectivity index (χ2v) is 8.91. The molecule has 2 amide bonds. The Hall–Kier alpha value is -2.85. The SMILES string of the molecule is O=C1CSc2ccc(C(=O)OCCN3C(=O)c4ccccc4S3(=O)=O)cc2N1. The molecule has 2 aromatic rings. The van der Waals surface area contributed by atoms with Gasteiger partial charge in [-0.25, -0.2) is 17.5 Å². The molecular formula is C18H14N2O6S2. The van der Waals surface area contributed by atoms with Crippen molar-refractivity contribution in [3.8, 4) is 0 Å². The summed E-state index contributed by atoms with van der Waals surface area (Å²) in [6.45, 7) is -0.560. The minimum atomic E-state index is -3.93. The maximum absolute atomic E-state index is 12.5. The number of amides is 2. The number of rotatable bonds is 4. The van der Waals surface area contributed by atoms with Crippen LogP contribution in [0.25, 0.3) is 0 Å². The van der Waals surface area contributed by atoms with E-state index in [-0.39, 0.29) is 35.1 Å². The van der Waals surface area contributed by atoms with E-state index in [2.05, 4.69) is 5.32 Å². The van der Waals surface area contributed by atoms with Crippen molar-refractivity contribution in [2.45, 2.75) is 9.79 Å². The molecule has 0 bridgehead atoms. The third kappa shape index (κ3) is 3.14. The number of nitrogens with zero attached hydrogens (tertiary/aromatic N) is 1. The quantitative estimate of drug-likeness (QED) is 0.753. The zero-order chi connectivity index (χ0) is 19.9. The van der Waals surface area contributed by atoms with Crippen molar-refractivity contribution < 1.29 is 27.5 Å². The van der Waals surface area contributed by atoms with Crippen molar-refractivity contribution in [1.29, 1.82) is 0 Å². The zero-order valence-electron chi connectivity index (χ0n) is 14.4. The molecule has 8 nitrogen and oxygen atoms in total. The van der Waals surface area contributed by atoms with Crippen LogP contribution in [-0.4, -0.2) is 49.4 Å². The Balaban J connectivity index is 1.42. The van der Waals surface area contributed by atoms with Crippen LogP contribution in [0.3, 0.4) is 0 Å². The number of carbonyl (C=O) groups excluding carboxylic acids is 3. The van der Waals surface area contributed by atoms with E-state index in [1.54, 1.807) is 24.3 Å². The lowest BCUT2D eigenvalue weighted by atomic mass is 10.2. The number of fused-ring (bicyclic) bond motifs is 2. The van der Waals surface area contributed by atoms with Crippen LogP contribution >= 0.6 is 11.8 Å². The number of nitrogens with one attached hydrogen (secondary N) is 1. The first-order valence-electron chi connectivity index (χ1n) is 8.28. The van der Waals surface area contributed by atoms with Gasteiger partial charge in [0.1, 0.15) is 11.5 Å². The minimum absolute atomic E-state index is 0.0470. The third-order valence-corrected chi connectivity index (χ3v) is 7.20. The van der Waals surface area contributed by atoms with E-state index in [0.717, 1.165) is 4.90 Å². The summed E-state index contributed by atoms with van der Waals surface area (Å²) in [5.41, 5.74) is 0.862. The Morgan fingerprint density at radius 1 is 1.18 bits per heavy atom. The number of anilines is 1. The molecule has 0 atom stereocenters. The Morgan fingerprint density at radius 2 is 1.96 bits per heavy atom. The van der Waals surface area contributed by atoms with E-state index in [9.17, 15) is 22.8 Å². The number of benzene rings is 2. The molecular weight excluding hydrogens is 404 g/mol. The van der Waals surface area contributed by atoms with Crippen molar-refractivity contribution in [2.75, 3.05) is 24.2 Å². The Kier molecular flexibility index (Phi) is 4.60. The molecule has 144 valence electrons. The van der Waals surface area contributed by atoms with E-state index >= 15 is 0 Å². The molecule has 2 aromatic carbocycles. The van der Waals surface area contributed by atoms with Gasteiger partial charge in [-0.05, 0) is 30.3 Å². The standard InChI is InChI=1S/C18H14N2O6S2/c21-16-10-27-14-6-5-11(9-13(14)19-16)18(23)26-8-7-20-17(22)12-3-1-2-4-15(12)28(20,24)25/h1-6,9H,7-8,10H2,(H,19,21). The van der Waals surface area contributed by atoms with Crippen molar-refractivity contribution in [2.24, 2.45) is 0 Å². The average molecular weight is 418 g/mol. The summed E-state index contributed by atoms with van der Waals surface area (Å²) in [7, 11) is -3.93. The van der Waals surface area contributed by atoms with Gasteiger partial charge in [0, 0.05) is 4.90 Å². The monoisotopic (exact) mass is 418 g/mol. The highest BCUT2D eigenvalue weighted by Gasteiger charge is 2.40. The number of sulfonamides is 1. The summed E-state index contributed by atoms with van der Waals surface area (Å²) in [5, 5.41) is 2.68. The summed E-state index contributed by atoms with van der Waals surface area (Å²) < 4.78 is 30.7. The smallest absolute Gasteiger partial charge is 0.338 e. The van der Waals surface area contributed by atoms with E-state index < -0.39 is 21.9 Å². The fraction of sp³-hybridized carbons (Fsp3) is 0.167. The molecule has 28 heavy (non-hydrogen) atoms. The maximum Gasteiger partial charge on any atom is 0.338 e. The molecule has 0 saturated carbocycles. The number of ether oxygens (including phenoxy) is 1. The fourth-order valence-electron chi connectivity index (χ4n) is 2.97. The van der Waals surface area contributed by atoms with Crippen LogP contribution in [0.1, 0.15) is 20.7 Å². The lowest BCUT2D eigenvalue weighted by Gasteiger charge is -2.17. The number of hydrogen-bond donors (Lipinski definition) is 1. The molecule has 0 unspecified atom stereocenters. The van der Waals surface area contributed by atoms with E-state index in [1.165, 1.54) is 30.0 Å². The third-order valence-electron chi connectivity index (χ3n) is 4.29. The first-order valence-corrected chi connectivity index (χ1v) is 10.7. The summed E-state index contributed by atoms with van der Waals surface area (Å²) in [5.74, 6) is -1.15. The van der Waals surface area contributed by atoms with E-state index in [0.29, 0.717) is 15.7 Å². The highest BCUT2D eigenvalue weighted by molar-refractivity contribution is 8.00. The van der Waals surface area contributed by atoms with Gasteiger partial charge in [-0.3, -0.25) is 9.59 Å². The van der Waals surface area contributed by atoms with Gasteiger partial charge < -0.3 is 10.1 Å². The number of carbonyl (C=O) groups is 3. The zero-order valence-corrected chi connectivity index (χ0v) is 16.0. The Labute approximate surface area is 164 Å². The molecule has 0 saturated heterocycles. The van der Waals surface area contributed by atoms with Crippen LogP contribution in [-0.2, 0) is 19.6 Å². The summed E-state index contributed by atoms with van der Waals surface area (Å²) >= 11 is 1.37. The molecule has 2 aliphatic rings.